The summed E-state index contributed by atoms with van der Waals surface area (Å²) in [6.45, 7) is 1.73. The van der Waals surface area contributed by atoms with Gasteiger partial charge in [0.1, 0.15) is 0 Å². The van der Waals surface area contributed by atoms with Gasteiger partial charge in [-0.15, -0.1) is 0 Å². The van der Waals surface area contributed by atoms with Gasteiger partial charge in [0.15, 0.2) is 0 Å². The fourth-order valence-corrected chi connectivity index (χ4v) is 2.93. The van der Waals surface area contributed by atoms with Crippen LogP contribution in [0.4, 0.5) is 5.95 Å². The summed E-state index contributed by atoms with van der Waals surface area (Å²) in [7, 11) is -3.38. The first-order chi connectivity index (χ1) is 8.50. The molecule has 0 atom stereocenters. The Morgan fingerprint density at radius 2 is 2.00 bits per heavy atom. The van der Waals surface area contributed by atoms with Crippen molar-refractivity contribution in [2.45, 2.75) is 24.5 Å². The van der Waals surface area contributed by atoms with Crippen molar-refractivity contribution in [2.75, 3.05) is 4.72 Å². The number of nitrogens with one attached hydrogen (secondary N) is 1. The van der Waals surface area contributed by atoms with Crippen LogP contribution < -0.4 is 4.72 Å². The van der Waals surface area contributed by atoms with Gasteiger partial charge in [-0.2, -0.15) is 0 Å². The molecule has 0 aliphatic heterocycles. The lowest BCUT2D eigenvalue weighted by Gasteiger charge is -2.11. The number of nitrogens with zero attached hydrogens (tertiary/aromatic N) is 2. The molecule has 1 aliphatic carbocycles. The molecule has 3 rings (SSSR count). The normalized spacial score (nSPS) is 17.6. The zero-order valence-electron chi connectivity index (χ0n) is 9.92. The first-order valence-corrected chi connectivity index (χ1v) is 7.23. The minimum Gasteiger partial charge on any atom is -0.251 e. The molecule has 0 unspecified atom stereocenters. The quantitative estimate of drug-likeness (QED) is 0.918. The number of sulfonamides is 1. The highest BCUT2D eigenvalue weighted by Crippen LogP contribution is 2.43. The highest BCUT2D eigenvalue weighted by atomic mass is 32.2. The average molecular weight is 263 g/mol. The summed E-state index contributed by atoms with van der Waals surface area (Å²) in [5, 5.41) is 0.887. The summed E-state index contributed by atoms with van der Waals surface area (Å²) in [5.74, 6) is 0.141. The number of hydrogen-bond acceptors (Lipinski definition) is 4. The van der Waals surface area contributed by atoms with E-state index in [1.165, 1.54) is 0 Å². The number of benzene rings is 1. The lowest BCUT2D eigenvalue weighted by molar-refractivity contribution is 0.587. The molecular weight excluding hydrogens is 250 g/mol. The third-order valence-corrected chi connectivity index (χ3v) is 5.47. The second-order valence-corrected chi connectivity index (χ2v) is 7.00. The summed E-state index contributed by atoms with van der Waals surface area (Å²) in [6, 6.07) is 7.46. The lowest BCUT2D eigenvalue weighted by atomic mass is 10.2. The summed E-state index contributed by atoms with van der Waals surface area (Å²) in [5.41, 5.74) is 0.728. The Morgan fingerprint density at radius 1 is 1.28 bits per heavy atom. The Kier molecular flexibility index (Phi) is 2.31. The number of aromatic nitrogens is 2. The van der Waals surface area contributed by atoms with Crippen LogP contribution in [-0.2, 0) is 10.0 Å². The van der Waals surface area contributed by atoms with E-state index >= 15 is 0 Å². The molecule has 5 nitrogen and oxygen atoms in total. The van der Waals surface area contributed by atoms with Crippen LogP contribution in [0.25, 0.3) is 10.9 Å². The summed E-state index contributed by atoms with van der Waals surface area (Å²) < 4.78 is 25.9. The van der Waals surface area contributed by atoms with Crippen LogP contribution in [0.2, 0.25) is 0 Å². The number of para-hydroxylation sites is 1. The predicted octanol–water partition coefficient (Wildman–Crippen LogP) is 1.92. The molecule has 0 radical (unpaired) electrons. The Balaban J connectivity index is 1.96. The van der Waals surface area contributed by atoms with Crippen molar-refractivity contribution in [3.05, 3.63) is 30.5 Å². The Bertz CT molecular complexity index is 708. The fraction of sp³-hybridized carbons (Fsp3) is 0.333. The van der Waals surface area contributed by atoms with Crippen molar-refractivity contribution < 1.29 is 8.42 Å². The monoisotopic (exact) mass is 263 g/mol. The maximum Gasteiger partial charge on any atom is 0.240 e. The van der Waals surface area contributed by atoms with Gasteiger partial charge in [0.25, 0.3) is 0 Å². The third kappa shape index (κ3) is 1.82. The topological polar surface area (TPSA) is 72.0 Å². The van der Waals surface area contributed by atoms with Gasteiger partial charge in [-0.3, -0.25) is 4.72 Å². The Labute approximate surface area is 105 Å². The van der Waals surface area contributed by atoms with Crippen LogP contribution in [0.1, 0.15) is 19.8 Å². The van der Waals surface area contributed by atoms with Gasteiger partial charge in [0.2, 0.25) is 16.0 Å². The molecule has 1 aliphatic rings. The Morgan fingerprint density at radius 3 is 2.72 bits per heavy atom. The average Bonchev–Trinajstić information content (AvgIpc) is 3.09. The van der Waals surface area contributed by atoms with E-state index in [1.54, 1.807) is 13.1 Å². The highest BCUT2D eigenvalue weighted by Gasteiger charge is 2.50. The van der Waals surface area contributed by atoms with Crippen molar-refractivity contribution in [2.24, 2.45) is 0 Å². The maximum atomic E-state index is 12.0. The van der Waals surface area contributed by atoms with Crippen LogP contribution in [0.5, 0.6) is 0 Å². The van der Waals surface area contributed by atoms with E-state index in [0.29, 0.717) is 12.8 Å². The zero-order valence-corrected chi connectivity index (χ0v) is 10.7. The largest absolute Gasteiger partial charge is 0.251 e. The lowest BCUT2D eigenvalue weighted by Crippen LogP contribution is -2.27. The van der Waals surface area contributed by atoms with E-state index in [0.717, 1.165) is 10.9 Å². The van der Waals surface area contributed by atoms with Crippen LogP contribution in [-0.4, -0.2) is 23.1 Å². The van der Waals surface area contributed by atoms with Gasteiger partial charge in [-0.05, 0) is 25.8 Å². The van der Waals surface area contributed by atoms with E-state index < -0.39 is 14.8 Å². The molecule has 2 aromatic rings. The van der Waals surface area contributed by atoms with Gasteiger partial charge >= 0.3 is 0 Å². The molecule has 0 bridgehead atoms. The van der Waals surface area contributed by atoms with E-state index in [2.05, 4.69) is 14.7 Å². The van der Waals surface area contributed by atoms with Gasteiger partial charge in [-0.1, -0.05) is 18.2 Å². The molecule has 0 spiro atoms. The molecule has 6 heteroatoms. The molecule has 0 amide bonds. The Hall–Kier alpha value is -1.69. The summed E-state index contributed by atoms with van der Waals surface area (Å²) in [6.07, 6.45) is 3.00. The summed E-state index contributed by atoms with van der Waals surface area (Å²) >= 11 is 0. The van der Waals surface area contributed by atoms with E-state index in [1.807, 2.05) is 24.3 Å². The number of fused-ring (bicyclic) bond motifs is 1. The van der Waals surface area contributed by atoms with E-state index in [4.69, 9.17) is 0 Å². The minimum absolute atomic E-state index is 0.141. The molecule has 1 saturated carbocycles. The first-order valence-electron chi connectivity index (χ1n) is 5.74. The highest BCUT2D eigenvalue weighted by molar-refractivity contribution is 7.94. The van der Waals surface area contributed by atoms with Crippen molar-refractivity contribution in [1.29, 1.82) is 0 Å². The second-order valence-electron chi connectivity index (χ2n) is 4.81. The SMILES string of the molecule is CC1(S(=O)(=O)Nc2ncc3ccccc3n2)CC1. The molecule has 1 N–H and O–H groups in total. The smallest absolute Gasteiger partial charge is 0.240 e. The van der Waals surface area contributed by atoms with Crippen molar-refractivity contribution in [1.82, 2.24) is 9.97 Å². The number of anilines is 1. The van der Waals surface area contributed by atoms with Crippen LogP contribution in [0.15, 0.2) is 30.5 Å². The molecule has 94 valence electrons. The molecule has 1 fully saturated rings. The molecule has 1 heterocycles. The molecule has 1 aromatic carbocycles. The number of rotatable bonds is 3. The zero-order chi connectivity index (χ0) is 12.8. The predicted molar refractivity (Wildman–Crippen MR) is 69.7 cm³/mol. The van der Waals surface area contributed by atoms with Crippen molar-refractivity contribution in [3.63, 3.8) is 0 Å². The number of hydrogen-bond donors (Lipinski definition) is 1. The first kappa shape index (κ1) is 11.4. The van der Waals surface area contributed by atoms with Crippen LogP contribution in [0, 0.1) is 0 Å². The third-order valence-electron chi connectivity index (χ3n) is 3.32. The van der Waals surface area contributed by atoms with E-state index in [-0.39, 0.29) is 5.95 Å². The molecule has 0 saturated heterocycles. The standard InChI is InChI=1S/C12H13N3O2S/c1-12(6-7-12)18(16,17)15-11-13-8-9-4-2-3-5-10(9)14-11/h2-5,8H,6-7H2,1H3,(H,13,14,15). The fourth-order valence-electron chi connectivity index (χ4n) is 1.71. The van der Waals surface area contributed by atoms with Gasteiger partial charge in [0, 0.05) is 11.6 Å². The minimum atomic E-state index is -3.38. The van der Waals surface area contributed by atoms with Gasteiger partial charge in [0.05, 0.1) is 10.3 Å². The van der Waals surface area contributed by atoms with Gasteiger partial charge in [-0.25, -0.2) is 18.4 Å². The van der Waals surface area contributed by atoms with Crippen molar-refractivity contribution >= 4 is 26.9 Å². The van der Waals surface area contributed by atoms with E-state index in [9.17, 15) is 8.42 Å². The summed E-state index contributed by atoms with van der Waals surface area (Å²) in [4.78, 5) is 8.23. The van der Waals surface area contributed by atoms with Crippen LogP contribution >= 0.6 is 0 Å². The molecule has 18 heavy (non-hydrogen) atoms. The van der Waals surface area contributed by atoms with Gasteiger partial charge < -0.3 is 0 Å². The van der Waals surface area contributed by atoms with Crippen molar-refractivity contribution in [3.8, 4) is 0 Å². The van der Waals surface area contributed by atoms with Crippen LogP contribution in [0.3, 0.4) is 0 Å². The molecule has 1 aromatic heterocycles. The molecular formula is C12H13N3O2S. The maximum absolute atomic E-state index is 12.0. The second kappa shape index (κ2) is 3.65.